The molecule has 1 rings (SSSR count). The molecule has 2 unspecified atom stereocenters. The largest absolute Gasteiger partial charge is 0.213 e. The van der Waals surface area contributed by atoms with Gasteiger partial charge in [-0.2, -0.15) is 0 Å². The van der Waals surface area contributed by atoms with E-state index in [0.717, 1.165) is 19.3 Å². The van der Waals surface area contributed by atoms with Gasteiger partial charge in [-0.3, -0.25) is 0 Å². The Morgan fingerprint density at radius 2 is 1.77 bits per heavy atom. The molecule has 2 atom stereocenters. The SMILES string of the molecule is CC.CC1CCC(NS(C)(=O)=O)C1. The highest BCUT2D eigenvalue weighted by Gasteiger charge is 2.23. The summed E-state index contributed by atoms with van der Waals surface area (Å²) in [7, 11) is -2.98. The van der Waals surface area contributed by atoms with Crippen molar-refractivity contribution in [2.24, 2.45) is 5.92 Å². The van der Waals surface area contributed by atoms with Gasteiger partial charge in [-0.15, -0.1) is 0 Å². The predicted molar refractivity (Wildman–Crippen MR) is 56.1 cm³/mol. The molecule has 0 spiro atoms. The lowest BCUT2D eigenvalue weighted by atomic mass is 10.1. The molecule has 0 heterocycles. The second-order valence-corrected chi connectivity index (χ2v) is 5.29. The molecule has 1 aliphatic carbocycles. The van der Waals surface area contributed by atoms with Crippen LogP contribution in [0.2, 0.25) is 0 Å². The Bertz CT molecular complexity index is 224. The van der Waals surface area contributed by atoms with E-state index in [9.17, 15) is 8.42 Å². The van der Waals surface area contributed by atoms with Crippen LogP contribution in [0.25, 0.3) is 0 Å². The van der Waals surface area contributed by atoms with Crippen LogP contribution in [-0.2, 0) is 10.0 Å². The van der Waals surface area contributed by atoms with Gasteiger partial charge in [0.05, 0.1) is 6.26 Å². The maximum absolute atomic E-state index is 10.8. The molecular weight excluding hydrogens is 186 g/mol. The Labute approximate surface area is 82.0 Å². The van der Waals surface area contributed by atoms with E-state index in [4.69, 9.17) is 0 Å². The molecule has 0 saturated heterocycles. The van der Waals surface area contributed by atoms with Crippen molar-refractivity contribution in [3.05, 3.63) is 0 Å². The minimum absolute atomic E-state index is 0.194. The van der Waals surface area contributed by atoms with Crippen LogP contribution in [0.3, 0.4) is 0 Å². The van der Waals surface area contributed by atoms with E-state index in [1.165, 1.54) is 6.26 Å². The molecule has 0 amide bonds. The van der Waals surface area contributed by atoms with Gasteiger partial charge in [0.1, 0.15) is 0 Å². The molecule has 1 saturated carbocycles. The highest BCUT2D eigenvalue weighted by atomic mass is 32.2. The van der Waals surface area contributed by atoms with Gasteiger partial charge in [-0.05, 0) is 25.2 Å². The van der Waals surface area contributed by atoms with Gasteiger partial charge in [0.25, 0.3) is 0 Å². The lowest BCUT2D eigenvalue weighted by Gasteiger charge is -2.08. The summed E-state index contributed by atoms with van der Waals surface area (Å²) in [4.78, 5) is 0. The topological polar surface area (TPSA) is 46.2 Å². The number of sulfonamides is 1. The number of rotatable bonds is 2. The average molecular weight is 207 g/mol. The monoisotopic (exact) mass is 207 g/mol. The van der Waals surface area contributed by atoms with Gasteiger partial charge in [-0.1, -0.05) is 20.8 Å². The van der Waals surface area contributed by atoms with Crippen LogP contribution >= 0.6 is 0 Å². The van der Waals surface area contributed by atoms with Crippen molar-refractivity contribution in [2.45, 2.75) is 46.1 Å². The Morgan fingerprint density at radius 3 is 2.08 bits per heavy atom. The summed E-state index contributed by atoms with van der Waals surface area (Å²) in [6.45, 7) is 6.16. The summed E-state index contributed by atoms with van der Waals surface area (Å²) in [6, 6.07) is 0.194. The third-order valence-corrected chi connectivity index (χ3v) is 2.84. The molecule has 0 bridgehead atoms. The van der Waals surface area contributed by atoms with E-state index in [1.54, 1.807) is 0 Å². The summed E-state index contributed by atoms with van der Waals surface area (Å²) in [6.07, 6.45) is 4.35. The highest BCUT2D eigenvalue weighted by Crippen LogP contribution is 2.24. The first-order chi connectivity index (χ1) is 5.97. The fourth-order valence-corrected chi connectivity index (χ4v) is 2.44. The van der Waals surface area contributed by atoms with Gasteiger partial charge in [0.15, 0.2) is 0 Å². The number of hydrogen-bond acceptors (Lipinski definition) is 2. The van der Waals surface area contributed by atoms with Crippen molar-refractivity contribution >= 4 is 10.0 Å². The molecule has 1 fully saturated rings. The fraction of sp³-hybridized carbons (Fsp3) is 1.00. The maximum Gasteiger partial charge on any atom is 0.208 e. The van der Waals surface area contributed by atoms with Crippen molar-refractivity contribution < 1.29 is 8.42 Å². The van der Waals surface area contributed by atoms with Gasteiger partial charge in [0.2, 0.25) is 10.0 Å². The predicted octanol–water partition coefficient (Wildman–Crippen LogP) is 1.75. The zero-order chi connectivity index (χ0) is 10.5. The van der Waals surface area contributed by atoms with Crippen LogP contribution in [0.15, 0.2) is 0 Å². The van der Waals surface area contributed by atoms with E-state index in [2.05, 4.69) is 11.6 Å². The van der Waals surface area contributed by atoms with Gasteiger partial charge in [0, 0.05) is 6.04 Å². The zero-order valence-electron chi connectivity index (χ0n) is 9.00. The third-order valence-electron chi connectivity index (χ3n) is 2.08. The van der Waals surface area contributed by atoms with Crippen LogP contribution in [0.5, 0.6) is 0 Å². The summed E-state index contributed by atoms with van der Waals surface area (Å²) < 4.78 is 24.2. The molecule has 0 aromatic carbocycles. The Morgan fingerprint density at radius 1 is 1.23 bits per heavy atom. The summed E-state index contributed by atoms with van der Waals surface area (Å²) >= 11 is 0. The van der Waals surface area contributed by atoms with Crippen LogP contribution in [0.4, 0.5) is 0 Å². The molecule has 0 aromatic heterocycles. The molecule has 13 heavy (non-hydrogen) atoms. The van der Waals surface area contributed by atoms with E-state index in [1.807, 2.05) is 13.8 Å². The zero-order valence-corrected chi connectivity index (χ0v) is 9.82. The first kappa shape index (κ1) is 12.9. The highest BCUT2D eigenvalue weighted by molar-refractivity contribution is 7.88. The summed E-state index contributed by atoms with van der Waals surface area (Å²) in [5, 5.41) is 0. The molecule has 0 radical (unpaired) electrons. The lowest BCUT2D eigenvalue weighted by Crippen LogP contribution is -2.31. The molecule has 4 heteroatoms. The quantitative estimate of drug-likeness (QED) is 0.750. The summed E-state index contributed by atoms with van der Waals surface area (Å²) in [5.74, 6) is 0.675. The van der Waals surface area contributed by atoms with Crippen molar-refractivity contribution in [3.8, 4) is 0 Å². The van der Waals surface area contributed by atoms with Crippen LogP contribution < -0.4 is 4.72 Å². The van der Waals surface area contributed by atoms with Gasteiger partial charge >= 0.3 is 0 Å². The van der Waals surface area contributed by atoms with E-state index >= 15 is 0 Å². The molecule has 80 valence electrons. The van der Waals surface area contributed by atoms with Crippen molar-refractivity contribution in [2.75, 3.05) is 6.26 Å². The maximum atomic E-state index is 10.8. The minimum Gasteiger partial charge on any atom is -0.213 e. The number of hydrogen-bond donors (Lipinski definition) is 1. The molecule has 1 aliphatic rings. The lowest BCUT2D eigenvalue weighted by molar-refractivity contribution is 0.542. The van der Waals surface area contributed by atoms with Crippen molar-refractivity contribution in [1.29, 1.82) is 0 Å². The smallest absolute Gasteiger partial charge is 0.208 e. The van der Waals surface area contributed by atoms with Gasteiger partial charge in [-0.25, -0.2) is 13.1 Å². The second kappa shape index (κ2) is 5.60. The van der Waals surface area contributed by atoms with E-state index in [0.29, 0.717) is 5.92 Å². The van der Waals surface area contributed by atoms with Gasteiger partial charge < -0.3 is 0 Å². The molecule has 3 nitrogen and oxygen atoms in total. The van der Waals surface area contributed by atoms with Crippen LogP contribution in [0.1, 0.15) is 40.0 Å². The van der Waals surface area contributed by atoms with E-state index in [-0.39, 0.29) is 6.04 Å². The average Bonchev–Trinajstić information content (AvgIpc) is 2.36. The number of nitrogens with one attached hydrogen (secondary N) is 1. The van der Waals surface area contributed by atoms with Crippen molar-refractivity contribution in [3.63, 3.8) is 0 Å². The molecule has 0 aromatic rings. The molecule has 1 N–H and O–H groups in total. The minimum atomic E-state index is -2.98. The third kappa shape index (κ3) is 6.05. The summed E-state index contributed by atoms with van der Waals surface area (Å²) in [5.41, 5.74) is 0. The van der Waals surface area contributed by atoms with E-state index < -0.39 is 10.0 Å². The Kier molecular flexibility index (Phi) is 5.56. The molecule has 0 aliphatic heterocycles. The van der Waals surface area contributed by atoms with Crippen LogP contribution in [0, 0.1) is 5.92 Å². The first-order valence-electron chi connectivity index (χ1n) is 4.94. The van der Waals surface area contributed by atoms with Crippen molar-refractivity contribution in [1.82, 2.24) is 4.72 Å². The normalized spacial score (nSPS) is 28.0. The fourth-order valence-electron chi connectivity index (χ4n) is 1.62. The first-order valence-corrected chi connectivity index (χ1v) is 6.84. The van der Waals surface area contributed by atoms with Crippen LogP contribution in [-0.4, -0.2) is 20.7 Å². The second-order valence-electron chi connectivity index (χ2n) is 3.51. The standard InChI is InChI=1S/C7H15NO2S.C2H6/c1-6-3-4-7(5-6)8-11(2,9)10;1-2/h6-8H,3-5H2,1-2H3;1-2H3. The molecular formula is C9H21NO2S. The Balaban J connectivity index is 0.000000671. The Hall–Kier alpha value is -0.0900.